The maximum absolute atomic E-state index is 12.0. The summed E-state index contributed by atoms with van der Waals surface area (Å²) in [5.74, 6) is 0.104. The highest BCUT2D eigenvalue weighted by atomic mass is 35.5. The summed E-state index contributed by atoms with van der Waals surface area (Å²) < 4.78 is 10.8. The highest BCUT2D eigenvalue weighted by molar-refractivity contribution is 5.85. The summed E-state index contributed by atoms with van der Waals surface area (Å²) in [6, 6.07) is 0.337. The molecule has 1 heterocycles. The van der Waals surface area contributed by atoms with Gasteiger partial charge in [-0.1, -0.05) is 12.8 Å². The zero-order chi connectivity index (χ0) is 12.8. The van der Waals surface area contributed by atoms with Crippen molar-refractivity contribution in [3.8, 4) is 0 Å². The average molecular weight is 293 g/mol. The Morgan fingerprint density at radius 3 is 2.89 bits per heavy atom. The molecule has 0 aromatic carbocycles. The second-order valence-electron chi connectivity index (χ2n) is 5.16. The van der Waals surface area contributed by atoms with Crippen molar-refractivity contribution in [1.82, 2.24) is 10.6 Å². The first-order valence-electron chi connectivity index (χ1n) is 6.93. The lowest BCUT2D eigenvalue weighted by molar-refractivity contribution is -0.124. The van der Waals surface area contributed by atoms with Gasteiger partial charge in [0.1, 0.15) is 0 Å². The number of rotatable bonds is 4. The van der Waals surface area contributed by atoms with Crippen molar-refractivity contribution in [2.75, 3.05) is 26.9 Å². The number of nitrogens with one attached hydrogen (secondary N) is 2. The Balaban J connectivity index is 0.00000180. The number of hydrogen-bond acceptors (Lipinski definition) is 4. The Morgan fingerprint density at radius 2 is 2.21 bits per heavy atom. The first-order valence-corrected chi connectivity index (χ1v) is 6.93. The van der Waals surface area contributed by atoms with Gasteiger partial charge < -0.3 is 20.1 Å². The molecule has 19 heavy (non-hydrogen) atoms. The fraction of sp³-hybridized carbons (Fsp3) is 0.923. The van der Waals surface area contributed by atoms with E-state index in [0.717, 1.165) is 26.0 Å². The molecule has 2 N–H and O–H groups in total. The molecule has 2 fully saturated rings. The molecule has 112 valence electrons. The molecule has 3 unspecified atom stereocenters. The highest BCUT2D eigenvalue weighted by Crippen LogP contribution is 2.20. The number of ether oxygens (including phenoxy) is 2. The van der Waals surface area contributed by atoms with E-state index in [2.05, 4.69) is 10.6 Å². The standard InChI is InChI=1S/C13H24N2O3.ClH/c1-17-12-5-3-2-4-11(12)15-13(16)8-10-9-18-7-6-14-10;/h10-12,14H,2-9H2,1H3,(H,15,16);1H. The molecule has 2 rings (SSSR count). The fourth-order valence-corrected chi connectivity index (χ4v) is 2.78. The van der Waals surface area contributed by atoms with Crippen LogP contribution in [0.1, 0.15) is 32.1 Å². The summed E-state index contributed by atoms with van der Waals surface area (Å²) in [6.45, 7) is 2.21. The number of hydrogen-bond donors (Lipinski definition) is 2. The Labute approximate surface area is 121 Å². The number of halogens is 1. The summed E-state index contributed by atoms with van der Waals surface area (Å²) >= 11 is 0. The van der Waals surface area contributed by atoms with Gasteiger partial charge in [0.15, 0.2) is 0 Å². The lowest BCUT2D eigenvalue weighted by Crippen LogP contribution is -2.49. The molecule has 0 aromatic heterocycles. The van der Waals surface area contributed by atoms with Gasteiger partial charge in [-0.3, -0.25) is 4.79 Å². The third kappa shape index (κ3) is 5.26. The smallest absolute Gasteiger partial charge is 0.221 e. The Kier molecular flexibility index (Phi) is 7.68. The average Bonchev–Trinajstić information content (AvgIpc) is 2.40. The minimum absolute atomic E-state index is 0. The minimum Gasteiger partial charge on any atom is -0.379 e. The first-order chi connectivity index (χ1) is 8.79. The van der Waals surface area contributed by atoms with Crippen molar-refractivity contribution in [2.45, 2.75) is 50.3 Å². The predicted molar refractivity (Wildman–Crippen MR) is 75.7 cm³/mol. The maximum Gasteiger partial charge on any atom is 0.221 e. The van der Waals surface area contributed by atoms with Gasteiger partial charge in [0, 0.05) is 26.1 Å². The molecule has 1 aliphatic heterocycles. The number of amides is 1. The molecule has 6 heteroatoms. The fourth-order valence-electron chi connectivity index (χ4n) is 2.78. The molecule has 5 nitrogen and oxygen atoms in total. The second-order valence-corrected chi connectivity index (χ2v) is 5.16. The van der Waals surface area contributed by atoms with Gasteiger partial charge >= 0.3 is 0 Å². The Morgan fingerprint density at radius 1 is 1.42 bits per heavy atom. The van der Waals surface area contributed by atoms with E-state index in [1.165, 1.54) is 12.8 Å². The van der Waals surface area contributed by atoms with Gasteiger partial charge in [-0.25, -0.2) is 0 Å². The van der Waals surface area contributed by atoms with Gasteiger partial charge in [0.25, 0.3) is 0 Å². The van der Waals surface area contributed by atoms with Gasteiger partial charge in [-0.15, -0.1) is 12.4 Å². The number of carbonyl (C=O) groups excluding carboxylic acids is 1. The number of methoxy groups -OCH3 is 1. The lowest BCUT2D eigenvalue weighted by Gasteiger charge is -2.32. The molecule has 0 bridgehead atoms. The van der Waals surface area contributed by atoms with E-state index in [9.17, 15) is 4.79 Å². The zero-order valence-electron chi connectivity index (χ0n) is 11.5. The van der Waals surface area contributed by atoms with Crippen LogP contribution in [0.5, 0.6) is 0 Å². The monoisotopic (exact) mass is 292 g/mol. The first kappa shape index (κ1) is 16.7. The van der Waals surface area contributed by atoms with Crippen LogP contribution in [-0.2, 0) is 14.3 Å². The SMILES string of the molecule is COC1CCCCC1NC(=O)CC1COCCN1.Cl. The molecule has 1 aliphatic carbocycles. The van der Waals surface area contributed by atoms with Crippen molar-refractivity contribution in [2.24, 2.45) is 0 Å². The van der Waals surface area contributed by atoms with E-state index in [1.54, 1.807) is 7.11 Å². The minimum atomic E-state index is 0. The molecule has 1 amide bonds. The van der Waals surface area contributed by atoms with Crippen LogP contribution in [0.25, 0.3) is 0 Å². The second kappa shape index (κ2) is 8.74. The van der Waals surface area contributed by atoms with E-state index >= 15 is 0 Å². The molecule has 1 saturated heterocycles. The summed E-state index contributed by atoms with van der Waals surface area (Å²) in [4.78, 5) is 12.0. The molecule has 0 radical (unpaired) electrons. The third-order valence-electron chi connectivity index (χ3n) is 3.78. The van der Waals surface area contributed by atoms with Crippen LogP contribution in [0.2, 0.25) is 0 Å². The summed E-state index contributed by atoms with van der Waals surface area (Å²) in [5.41, 5.74) is 0. The van der Waals surface area contributed by atoms with Gasteiger partial charge in [0.2, 0.25) is 5.91 Å². The van der Waals surface area contributed by atoms with Gasteiger partial charge in [-0.05, 0) is 12.8 Å². The molecule has 0 aromatic rings. The van der Waals surface area contributed by atoms with Crippen LogP contribution < -0.4 is 10.6 Å². The van der Waals surface area contributed by atoms with Crippen molar-refractivity contribution in [1.29, 1.82) is 0 Å². The maximum atomic E-state index is 12.0. The highest BCUT2D eigenvalue weighted by Gasteiger charge is 2.27. The van der Waals surface area contributed by atoms with E-state index in [1.807, 2.05) is 0 Å². The van der Waals surface area contributed by atoms with E-state index in [4.69, 9.17) is 9.47 Å². The molecule has 1 saturated carbocycles. The summed E-state index contributed by atoms with van der Waals surface area (Å²) in [6.07, 6.45) is 5.12. The van der Waals surface area contributed by atoms with Crippen molar-refractivity contribution in [3.05, 3.63) is 0 Å². The van der Waals surface area contributed by atoms with Crippen molar-refractivity contribution < 1.29 is 14.3 Å². The van der Waals surface area contributed by atoms with Crippen LogP contribution >= 0.6 is 12.4 Å². The van der Waals surface area contributed by atoms with Crippen LogP contribution in [0.4, 0.5) is 0 Å². The van der Waals surface area contributed by atoms with Gasteiger partial charge in [0.05, 0.1) is 25.4 Å². The quantitative estimate of drug-likeness (QED) is 0.807. The topological polar surface area (TPSA) is 59.6 Å². The van der Waals surface area contributed by atoms with Crippen molar-refractivity contribution in [3.63, 3.8) is 0 Å². The van der Waals surface area contributed by atoms with E-state index in [-0.39, 0.29) is 36.5 Å². The predicted octanol–water partition coefficient (Wildman–Crippen LogP) is 0.860. The van der Waals surface area contributed by atoms with Crippen LogP contribution in [-0.4, -0.2) is 51.0 Å². The molecule has 3 atom stereocenters. The van der Waals surface area contributed by atoms with Gasteiger partial charge in [-0.2, -0.15) is 0 Å². The normalized spacial score (nSPS) is 31.3. The molecule has 2 aliphatic rings. The summed E-state index contributed by atoms with van der Waals surface area (Å²) in [5, 5.41) is 6.40. The van der Waals surface area contributed by atoms with E-state index in [0.29, 0.717) is 13.0 Å². The molecular weight excluding hydrogens is 268 g/mol. The van der Waals surface area contributed by atoms with E-state index < -0.39 is 0 Å². The van der Waals surface area contributed by atoms with Crippen LogP contribution in [0.15, 0.2) is 0 Å². The lowest BCUT2D eigenvalue weighted by atomic mass is 9.92. The van der Waals surface area contributed by atoms with Crippen LogP contribution in [0.3, 0.4) is 0 Å². The largest absolute Gasteiger partial charge is 0.379 e. The van der Waals surface area contributed by atoms with Crippen LogP contribution in [0, 0.1) is 0 Å². The Bertz CT molecular complexity index is 273. The number of morpholine rings is 1. The molecule has 0 spiro atoms. The third-order valence-corrected chi connectivity index (χ3v) is 3.78. The zero-order valence-corrected chi connectivity index (χ0v) is 12.3. The number of carbonyl (C=O) groups is 1. The molecular formula is C13H25ClN2O3. The van der Waals surface area contributed by atoms with Crippen molar-refractivity contribution >= 4 is 18.3 Å². The summed E-state index contributed by atoms with van der Waals surface area (Å²) in [7, 11) is 1.73. The Hall–Kier alpha value is -0.360.